The second kappa shape index (κ2) is 7.08. The summed E-state index contributed by atoms with van der Waals surface area (Å²) in [6.45, 7) is 8.42. The molecule has 22 heavy (non-hydrogen) atoms. The van der Waals surface area contributed by atoms with Crippen LogP contribution in [0.2, 0.25) is 0 Å². The van der Waals surface area contributed by atoms with E-state index in [1.165, 1.54) is 10.4 Å². The highest BCUT2D eigenvalue weighted by Crippen LogP contribution is 2.24. The molecule has 122 valence electrons. The molecule has 1 fully saturated rings. The zero-order valence-electron chi connectivity index (χ0n) is 13.2. The number of thiophene rings is 1. The Morgan fingerprint density at radius 1 is 1.27 bits per heavy atom. The minimum absolute atomic E-state index is 0.251. The highest BCUT2D eigenvalue weighted by atomic mass is 32.1. The first kappa shape index (κ1) is 15.9. The Hall–Kier alpha value is -0.950. The molecule has 0 spiro atoms. The number of β-amino-alcohol motifs (C(OH)–C–C–N with tert-alkyl or cyclic N) is 1. The average Bonchev–Trinajstić information content (AvgIpc) is 2.96. The van der Waals surface area contributed by atoms with Crippen molar-refractivity contribution in [2.24, 2.45) is 0 Å². The van der Waals surface area contributed by atoms with Gasteiger partial charge in [0.05, 0.1) is 12.6 Å². The van der Waals surface area contributed by atoms with E-state index in [4.69, 9.17) is 0 Å². The number of amides is 1. The molecule has 0 bridgehead atoms. The highest BCUT2D eigenvalue weighted by molar-refractivity contribution is 7.10. The number of aliphatic hydroxyl groups is 1. The Morgan fingerprint density at radius 3 is 2.73 bits per heavy atom. The van der Waals surface area contributed by atoms with Crippen molar-refractivity contribution >= 4 is 17.2 Å². The van der Waals surface area contributed by atoms with Crippen LogP contribution in [0.1, 0.15) is 17.4 Å². The molecular formula is C16H25N3O2S. The third kappa shape index (κ3) is 3.87. The molecule has 1 amide bonds. The molecular weight excluding hydrogens is 298 g/mol. The highest BCUT2D eigenvalue weighted by Gasteiger charge is 2.25. The van der Waals surface area contributed by atoms with Gasteiger partial charge in [-0.05, 0) is 30.4 Å². The van der Waals surface area contributed by atoms with Gasteiger partial charge in [-0.1, -0.05) is 0 Å². The SMILES string of the molecule is C[C@H](O)CN1CCN(CC(=O)N2CCc3sccc3C2)CC1. The summed E-state index contributed by atoms with van der Waals surface area (Å²) in [5.41, 5.74) is 1.33. The Bertz CT molecular complexity index is 509. The van der Waals surface area contributed by atoms with E-state index in [2.05, 4.69) is 21.2 Å². The Kier molecular flexibility index (Phi) is 5.13. The number of rotatable bonds is 4. The maximum Gasteiger partial charge on any atom is 0.237 e. The van der Waals surface area contributed by atoms with Gasteiger partial charge in [-0.25, -0.2) is 0 Å². The lowest BCUT2D eigenvalue weighted by Crippen LogP contribution is -2.51. The molecule has 1 saturated heterocycles. The van der Waals surface area contributed by atoms with Gasteiger partial charge in [-0.15, -0.1) is 11.3 Å². The molecule has 1 aromatic rings. The molecule has 0 radical (unpaired) electrons. The molecule has 1 atom stereocenters. The lowest BCUT2D eigenvalue weighted by Gasteiger charge is -2.36. The number of hydrogen-bond acceptors (Lipinski definition) is 5. The number of carbonyl (C=O) groups excluding carboxylic acids is 1. The molecule has 3 rings (SSSR count). The van der Waals surface area contributed by atoms with E-state index in [1.54, 1.807) is 11.3 Å². The fourth-order valence-electron chi connectivity index (χ4n) is 3.26. The van der Waals surface area contributed by atoms with E-state index in [0.717, 1.165) is 52.2 Å². The van der Waals surface area contributed by atoms with E-state index in [-0.39, 0.29) is 12.0 Å². The molecule has 1 aromatic heterocycles. The second-order valence-corrected chi connectivity index (χ2v) is 7.36. The van der Waals surface area contributed by atoms with Gasteiger partial charge in [-0.2, -0.15) is 0 Å². The van der Waals surface area contributed by atoms with Crippen LogP contribution in [0, 0.1) is 0 Å². The Morgan fingerprint density at radius 2 is 2.00 bits per heavy atom. The molecule has 2 aliphatic rings. The summed E-state index contributed by atoms with van der Waals surface area (Å²) in [7, 11) is 0. The van der Waals surface area contributed by atoms with Crippen LogP contribution in [0.4, 0.5) is 0 Å². The van der Waals surface area contributed by atoms with Crippen LogP contribution in [-0.4, -0.2) is 77.6 Å². The summed E-state index contributed by atoms with van der Waals surface area (Å²) in [5, 5.41) is 11.6. The molecule has 0 unspecified atom stereocenters. The normalized spacial score (nSPS) is 21.6. The minimum Gasteiger partial charge on any atom is -0.392 e. The van der Waals surface area contributed by atoms with Crippen molar-refractivity contribution in [1.29, 1.82) is 0 Å². The Labute approximate surface area is 136 Å². The van der Waals surface area contributed by atoms with Crippen LogP contribution >= 0.6 is 11.3 Å². The molecule has 1 N–H and O–H groups in total. The summed E-state index contributed by atoms with van der Waals surface area (Å²) in [6.07, 6.45) is 0.724. The van der Waals surface area contributed by atoms with Crippen LogP contribution in [0.3, 0.4) is 0 Å². The van der Waals surface area contributed by atoms with Crippen molar-refractivity contribution in [2.45, 2.75) is 26.0 Å². The van der Waals surface area contributed by atoms with E-state index >= 15 is 0 Å². The number of carbonyl (C=O) groups is 1. The van der Waals surface area contributed by atoms with Crippen molar-refractivity contribution in [3.05, 3.63) is 21.9 Å². The summed E-state index contributed by atoms with van der Waals surface area (Å²) in [4.78, 5) is 20.4. The molecule has 0 aromatic carbocycles. The van der Waals surface area contributed by atoms with Gasteiger partial charge in [0.15, 0.2) is 0 Å². The van der Waals surface area contributed by atoms with E-state index < -0.39 is 0 Å². The average molecular weight is 323 g/mol. The summed E-state index contributed by atoms with van der Waals surface area (Å²) < 4.78 is 0. The molecule has 0 aliphatic carbocycles. The van der Waals surface area contributed by atoms with Crippen LogP contribution < -0.4 is 0 Å². The molecule has 3 heterocycles. The lowest BCUT2D eigenvalue weighted by atomic mass is 10.1. The molecule has 0 saturated carbocycles. The molecule has 5 nitrogen and oxygen atoms in total. The monoisotopic (exact) mass is 323 g/mol. The number of aliphatic hydroxyl groups excluding tert-OH is 1. The number of piperazine rings is 1. The van der Waals surface area contributed by atoms with Gasteiger partial charge in [0.1, 0.15) is 0 Å². The minimum atomic E-state index is -0.277. The van der Waals surface area contributed by atoms with Gasteiger partial charge < -0.3 is 10.0 Å². The maximum absolute atomic E-state index is 12.5. The maximum atomic E-state index is 12.5. The van der Waals surface area contributed by atoms with Gasteiger partial charge >= 0.3 is 0 Å². The fourth-order valence-corrected chi connectivity index (χ4v) is 4.15. The zero-order valence-corrected chi connectivity index (χ0v) is 14.0. The first-order valence-corrected chi connectivity index (χ1v) is 8.95. The summed E-state index contributed by atoms with van der Waals surface area (Å²) in [6, 6.07) is 2.15. The quantitative estimate of drug-likeness (QED) is 0.883. The second-order valence-electron chi connectivity index (χ2n) is 6.36. The lowest BCUT2D eigenvalue weighted by molar-refractivity contribution is -0.133. The van der Waals surface area contributed by atoms with Crippen molar-refractivity contribution in [3.8, 4) is 0 Å². The number of hydrogen-bond donors (Lipinski definition) is 1. The van der Waals surface area contributed by atoms with Crippen molar-refractivity contribution in [3.63, 3.8) is 0 Å². The predicted molar refractivity (Wildman–Crippen MR) is 88.0 cm³/mol. The number of fused-ring (bicyclic) bond motifs is 1. The van der Waals surface area contributed by atoms with Gasteiger partial charge in [-0.3, -0.25) is 14.6 Å². The van der Waals surface area contributed by atoms with Crippen LogP contribution in [0.15, 0.2) is 11.4 Å². The van der Waals surface area contributed by atoms with Gasteiger partial charge in [0.2, 0.25) is 5.91 Å². The van der Waals surface area contributed by atoms with Crippen molar-refractivity contribution in [1.82, 2.24) is 14.7 Å². The first-order chi connectivity index (χ1) is 10.6. The third-order valence-electron chi connectivity index (χ3n) is 4.51. The largest absolute Gasteiger partial charge is 0.392 e. The number of nitrogens with zero attached hydrogens (tertiary/aromatic N) is 3. The van der Waals surface area contributed by atoms with Crippen LogP contribution in [0.5, 0.6) is 0 Å². The van der Waals surface area contributed by atoms with Crippen molar-refractivity contribution in [2.75, 3.05) is 45.8 Å². The first-order valence-electron chi connectivity index (χ1n) is 8.07. The van der Waals surface area contributed by atoms with E-state index in [0.29, 0.717) is 6.54 Å². The topological polar surface area (TPSA) is 47.0 Å². The summed E-state index contributed by atoms with van der Waals surface area (Å²) >= 11 is 1.81. The van der Waals surface area contributed by atoms with Crippen LogP contribution in [-0.2, 0) is 17.8 Å². The fraction of sp³-hybridized carbons (Fsp3) is 0.688. The van der Waals surface area contributed by atoms with Crippen molar-refractivity contribution < 1.29 is 9.90 Å². The third-order valence-corrected chi connectivity index (χ3v) is 5.53. The smallest absolute Gasteiger partial charge is 0.237 e. The molecule has 2 aliphatic heterocycles. The Balaban J connectivity index is 1.45. The van der Waals surface area contributed by atoms with Crippen LogP contribution in [0.25, 0.3) is 0 Å². The standard InChI is InChI=1S/C16H25N3O2S/c1-13(20)10-17-5-7-18(8-6-17)12-16(21)19-4-2-15-14(11-19)3-9-22-15/h3,9,13,20H,2,4-8,10-12H2,1H3/t13-/m0/s1. The predicted octanol–water partition coefficient (Wildman–Crippen LogP) is 0.631. The molecule has 6 heteroatoms. The van der Waals surface area contributed by atoms with Gasteiger partial charge in [0.25, 0.3) is 0 Å². The zero-order chi connectivity index (χ0) is 15.5. The van der Waals surface area contributed by atoms with E-state index in [1.807, 2.05) is 11.8 Å². The van der Waals surface area contributed by atoms with E-state index in [9.17, 15) is 9.90 Å². The summed E-state index contributed by atoms with van der Waals surface area (Å²) in [5.74, 6) is 0.251. The van der Waals surface area contributed by atoms with Gasteiger partial charge in [0, 0.05) is 50.7 Å².